The Morgan fingerprint density at radius 3 is 2.28 bits per heavy atom. The molecular formula is C31H38F2N2O4. The van der Waals surface area contributed by atoms with Gasteiger partial charge in [0.05, 0.1) is 6.04 Å². The number of amides is 1. The van der Waals surface area contributed by atoms with Crippen molar-refractivity contribution in [1.82, 2.24) is 9.80 Å². The third kappa shape index (κ3) is 5.68. The Balaban J connectivity index is 1.46. The molecular weight excluding hydrogens is 502 g/mol. The molecule has 210 valence electrons. The highest BCUT2D eigenvalue weighted by Crippen LogP contribution is 2.41. The van der Waals surface area contributed by atoms with Gasteiger partial charge in [-0.25, -0.2) is 0 Å². The molecule has 1 aliphatic carbocycles. The predicted molar refractivity (Wildman–Crippen MR) is 146 cm³/mol. The van der Waals surface area contributed by atoms with Gasteiger partial charge in [-0.15, -0.1) is 0 Å². The molecule has 5 rings (SSSR count). The summed E-state index contributed by atoms with van der Waals surface area (Å²) in [5.41, 5.74) is 3.99. The van der Waals surface area contributed by atoms with Crippen LogP contribution in [0.2, 0.25) is 0 Å². The van der Waals surface area contributed by atoms with Crippen LogP contribution in [0.25, 0.3) is 6.08 Å². The Kier molecular flexibility index (Phi) is 7.96. The molecule has 0 spiro atoms. The van der Waals surface area contributed by atoms with Crippen LogP contribution in [0.1, 0.15) is 55.0 Å². The number of carbonyl (C=O) groups excluding carboxylic acids is 1. The number of aliphatic hydroxyl groups is 1. The molecule has 0 radical (unpaired) electrons. The first-order valence-electron chi connectivity index (χ1n) is 13.9. The standard InChI is InChI=1S/C31H38F2N2O4/c1-20(2)14-23-17-27-28(39-13-12-38-27)18-25(23)29(36)26(19-35-10-6-7-11-35)34(3)30(37)31(32,33)24-15-21-8-4-5-9-22(21)16-24/h4-5,8-9,14,17-18,24,26,29,36H,6-7,10-13,15-16,19H2,1-3H3. The SMILES string of the molecule is CC(C)=Cc1cc2c(cc1C(O)C(CN1CCCC1)N(C)C(=O)C(F)(F)C1Cc3ccccc3C1)OCCO2. The van der Waals surface area contributed by atoms with E-state index in [-0.39, 0.29) is 12.8 Å². The van der Waals surface area contributed by atoms with Crippen LogP contribution < -0.4 is 9.47 Å². The lowest BCUT2D eigenvalue weighted by atomic mass is 9.92. The zero-order valence-corrected chi connectivity index (χ0v) is 23.0. The molecule has 3 aliphatic rings. The van der Waals surface area contributed by atoms with Gasteiger partial charge in [0.1, 0.15) is 19.3 Å². The highest BCUT2D eigenvalue weighted by atomic mass is 19.3. The van der Waals surface area contributed by atoms with Crippen molar-refractivity contribution >= 4 is 12.0 Å². The number of likely N-dealkylation sites (tertiary alicyclic amines) is 1. The highest BCUT2D eigenvalue weighted by molar-refractivity contribution is 5.84. The number of hydrogen-bond acceptors (Lipinski definition) is 5. The van der Waals surface area contributed by atoms with Crippen LogP contribution in [0.5, 0.6) is 11.5 Å². The van der Waals surface area contributed by atoms with Crippen molar-refractivity contribution in [2.45, 2.75) is 57.6 Å². The molecule has 2 heterocycles. The van der Waals surface area contributed by atoms with E-state index < -0.39 is 29.9 Å². The van der Waals surface area contributed by atoms with Crippen molar-refractivity contribution in [3.63, 3.8) is 0 Å². The number of allylic oxidation sites excluding steroid dienone is 1. The van der Waals surface area contributed by atoms with Gasteiger partial charge in [0.25, 0.3) is 5.91 Å². The van der Waals surface area contributed by atoms with Gasteiger partial charge in [0.2, 0.25) is 0 Å². The molecule has 2 atom stereocenters. The van der Waals surface area contributed by atoms with Crippen LogP contribution in [-0.2, 0) is 17.6 Å². The van der Waals surface area contributed by atoms with Crippen molar-refractivity contribution in [2.75, 3.05) is 39.9 Å². The second-order valence-electron chi connectivity index (χ2n) is 11.3. The second-order valence-corrected chi connectivity index (χ2v) is 11.3. The maximum Gasteiger partial charge on any atom is 0.328 e. The summed E-state index contributed by atoms with van der Waals surface area (Å²) in [7, 11) is 1.40. The van der Waals surface area contributed by atoms with E-state index in [1.807, 2.05) is 50.3 Å². The van der Waals surface area contributed by atoms with E-state index in [1.54, 1.807) is 6.07 Å². The van der Waals surface area contributed by atoms with Gasteiger partial charge in [0, 0.05) is 19.5 Å². The van der Waals surface area contributed by atoms with Crippen LogP contribution >= 0.6 is 0 Å². The fourth-order valence-corrected chi connectivity index (χ4v) is 6.06. The van der Waals surface area contributed by atoms with Crippen molar-refractivity contribution in [2.24, 2.45) is 5.92 Å². The Morgan fingerprint density at radius 2 is 1.69 bits per heavy atom. The summed E-state index contributed by atoms with van der Waals surface area (Å²) < 4.78 is 43.2. The van der Waals surface area contributed by atoms with Crippen molar-refractivity contribution in [3.8, 4) is 11.5 Å². The minimum absolute atomic E-state index is 0.162. The highest BCUT2D eigenvalue weighted by Gasteiger charge is 2.52. The van der Waals surface area contributed by atoms with Crippen LogP contribution in [0.3, 0.4) is 0 Å². The van der Waals surface area contributed by atoms with Crippen LogP contribution in [0, 0.1) is 5.92 Å². The lowest BCUT2D eigenvalue weighted by Gasteiger charge is -2.38. The first kappa shape index (κ1) is 27.6. The largest absolute Gasteiger partial charge is 0.486 e. The van der Waals surface area contributed by atoms with E-state index in [0.29, 0.717) is 36.8 Å². The summed E-state index contributed by atoms with van der Waals surface area (Å²) in [5.74, 6) is -4.83. The summed E-state index contributed by atoms with van der Waals surface area (Å²) in [6.45, 7) is 6.62. The topological polar surface area (TPSA) is 62.2 Å². The van der Waals surface area contributed by atoms with E-state index >= 15 is 8.78 Å². The number of halogens is 2. The monoisotopic (exact) mass is 540 g/mol. The number of fused-ring (bicyclic) bond motifs is 2. The zero-order chi connectivity index (χ0) is 27.7. The zero-order valence-electron chi connectivity index (χ0n) is 23.0. The third-order valence-corrected chi connectivity index (χ3v) is 8.19. The van der Waals surface area contributed by atoms with Crippen molar-refractivity contribution < 1.29 is 28.2 Å². The fraction of sp³-hybridized carbons (Fsp3) is 0.516. The molecule has 2 aliphatic heterocycles. The van der Waals surface area contributed by atoms with Crippen LogP contribution in [0.4, 0.5) is 8.78 Å². The minimum Gasteiger partial charge on any atom is -0.486 e. The Hall–Kier alpha value is -2.97. The van der Waals surface area contributed by atoms with Gasteiger partial charge in [0.15, 0.2) is 11.5 Å². The number of likely N-dealkylation sites (N-methyl/N-ethyl adjacent to an activating group) is 1. The first-order chi connectivity index (χ1) is 18.6. The first-order valence-corrected chi connectivity index (χ1v) is 13.9. The summed E-state index contributed by atoms with van der Waals surface area (Å²) in [6.07, 6.45) is 3.05. The lowest BCUT2D eigenvalue weighted by Crippen LogP contribution is -2.54. The minimum atomic E-state index is -3.56. The summed E-state index contributed by atoms with van der Waals surface area (Å²) in [6, 6.07) is 10.1. The number of carbonyl (C=O) groups is 1. The molecule has 6 nitrogen and oxygen atoms in total. The Labute approximate surface area is 229 Å². The smallest absolute Gasteiger partial charge is 0.328 e. The van der Waals surface area contributed by atoms with Crippen molar-refractivity contribution in [1.29, 1.82) is 0 Å². The van der Waals surface area contributed by atoms with Crippen LogP contribution in [-0.4, -0.2) is 72.7 Å². The van der Waals surface area contributed by atoms with Crippen molar-refractivity contribution in [3.05, 3.63) is 64.2 Å². The lowest BCUT2D eigenvalue weighted by molar-refractivity contribution is -0.169. The van der Waals surface area contributed by atoms with Crippen LogP contribution in [0.15, 0.2) is 42.0 Å². The molecule has 1 amide bonds. The molecule has 1 saturated heterocycles. The van der Waals surface area contributed by atoms with E-state index in [1.165, 1.54) is 7.05 Å². The van der Waals surface area contributed by atoms with Gasteiger partial charge in [-0.05, 0) is 87.0 Å². The number of aliphatic hydroxyl groups excluding tert-OH is 1. The summed E-state index contributed by atoms with van der Waals surface area (Å²) in [5, 5.41) is 11.8. The molecule has 0 aromatic heterocycles. The number of benzene rings is 2. The molecule has 0 saturated carbocycles. The maximum absolute atomic E-state index is 15.8. The number of hydrogen-bond donors (Lipinski definition) is 1. The maximum atomic E-state index is 15.8. The van der Waals surface area contributed by atoms with Gasteiger partial charge >= 0.3 is 5.92 Å². The molecule has 2 aromatic carbocycles. The number of rotatable bonds is 8. The second kappa shape index (κ2) is 11.3. The summed E-state index contributed by atoms with van der Waals surface area (Å²) >= 11 is 0. The molecule has 0 bridgehead atoms. The molecule has 2 aromatic rings. The average Bonchev–Trinajstić information content (AvgIpc) is 3.60. The number of alkyl halides is 2. The van der Waals surface area contributed by atoms with E-state index in [9.17, 15) is 9.90 Å². The normalized spacial score (nSPS) is 18.9. The fourth-order valence-electron chi connectivity index (χ4n) is 6.06. The van der Waals surface area contributed by atoms with E-state index in [4.69, 9.17) is 9.47 Å². The van der Waals surface area contributed by atoms with Gasteiger partial charge in [-0.1, -0.05) is 35.9 Å². The molecule has 8 heteroatoms. The van der Waals surface area contributed by atoms with Gasteiger partial charge in [-0.2, -0.15) is 8.78 Å². The number of nitrogens with zero attached hydrogens (tertiary/aromatic N) is 2. The van der Waals surface area contributed by atoms with E-state index in [2.05, 4.69) is 4.90 Å². The average molecular weight is 541 g/mol. The molecule has 1 N–H and O–H groups in total. The third-order valence-electron chi connectivity index (χ3n) is 8.19. The van der Waals surface area contributed by atoms with Gasteiger partial charge in [-0.3, -0.25) is 4.79 Å². The number of ether oxygens (including phenoxy) is 2. The van der Waals surface area contributed by atoms with E-state index in [0.717, 1.165) is 53.1 Å². The molecule has 1 fully saturated rings. The molecule has 39 heavy (non-hydrogen) atoms. The predicted octanol–water partition coefficient (Wildman–Crippen LogP) is 4.89. The van der Waals surface area contributed by atoms with Gasteiger partial charge < -0.3 is 24.4 Å². The molecule has 2 unspecified atom stereocenters. The summed E-state index contributed by atoms with van der Waals surface area (Å²) in [4.78, 5) is 16.8. The Bertz CT molecular complexity index is 1210. The Morgan fingerprint density at radius 1 is 1.10 bits per heavy atom. The quantitative estimate of drug-likeness (QED) is 0.517.